The van der Waals surface area contributed by atoms with Gasteiger partial charge in [-0.1, -0.05) is 0 Å². The maximum atomic E-state index is 12.9. The van der Waals surface area contributed by atoms with Crippen molar-refractivity contribution in [3.63, 3.8) is 0 Å². The smallest absolute Gasteiger partial charge is 0.340 e. The Morgan fingerprint density at radius 1 is 1.22 bits per heavy atom. The van der Waals surface area contributed by atoms with E-state index >= 15 is 0 Å². The summed E-state index contributed by atoms with van der Waals surface area (Å²) < 4.78 is 32.3. The molecule has 2 aromatic rings. The second-order valence-electron chi connectivity index (χ2n) is 9.41. The van der Waals surface area contributed by atoms with Crippen LogP contribution in [-0.2, 0) is 26.0 Å². The van der Waals surface area contributed by atoms with Crippen LogP contribution in [0.1, 0.15) is 46.2 Å². The van der Waals surface area contributed by atoms with E-state index in [4.69, 9.17) is 4.74 Å². The van der Waals surface area contributed by atoms with Gasteiger partial charge in [0.05, 0.1) is 22.6 Å². The SMILES string of the molecule is CCOC(=O)c1c(C)[nH]c(/C=C2\C(=O)Nc3ccc(S(=O)(=O)NC)cc32)c1CCCN1CCN(C)CC1. The third-order valence-corrected chi connectivity index (χ3v) is 8.35. The molecule has 0 radical (unpaired) electrons. The van der Waals surface area contributed by atoms with E-state index < -0.39 is 16.0 Å². The first-order valence-corrected chi connectivity index (χ1v) is 14.0. The first-order valence-electron chi connectivity index (χ1n) is 12.5. The molecule has 2 aliphatic heterocycles. The minimum Gasteiger partial charge on any atom is -0.462 e. The minimum atomic E-state index is -3.68. The van der Waals surface area contributed by atoms with Crippen molar-refractivity contribution in [1.29, 1.82) is 0 Å². The molecular formula is C26H35N5O5S. The number of hydrogen-bond donors (Lipinski definition) is 3. The summed E-state index contributed by atoms with van der Waals surface area (Å²) in [6, 6.07) is 4.52. The number of aromatic amines is 1. The summed E-state index contributed by atoms with van der Waals surface area (Å²) >= 11 is 0. The highest BCUT2D eigenvalue weighted by atomic mass is 32.2. The summed E-state index contributed by atoms with van der Waals surface area (Å²) in [5.41, 5.74) is 3.99. The number of anilines is 1. The molecule has 0 bridgehead atoms. The van der Waals surface area contributed by atoms with Gasteiger partial charge in [-0.15, -0.1) is 0 Å². The average molecular weight is 530 g/mol. The lowest BCUT2D eigenvalue weighted by atomic mass is 10.00. The highest BCUT2D eigenvalue weighted by Crippen LogP contribution is 2.36. The Morgan fingerprint density at radius 2 is 1.95 bits per heavy atom. The lowest BCUT2D eigenvalue weighted by molar-refractivity contribution is -0.110. The van der Waals surface area contributed by atoms with Crippen molar-refractivity contribution in [2.75, 3.05) is 58.7 Å². The molecule has 10 nitrogen and oxygen atoms in total. The molecule has 3 N–H and O–H groups in total. The standard InChI is InChI=1S/C26H35N5O5S/c1-5-36-26(33)24-17(2)28-23(19(24)7-6-10-31-13-11-30(4)12-14-31)16-21-20-15-18(37(34,35)27-3)8-9-22(20)29-25(21)32/h8-9,15-16,27-28H,5-7,10-14H2,1-4H3,(H,29,32)/b21-16-. The van der Waals surface area contributed by atoms with Gasteiger partial charge in [0.25, 0.3) is 5.91 Å². The fraction of sp³-hybridized carbons (Fsp3) is 0.462. The molecule has 0 spiro atoms. The predicted molar refractivity (Wildman–Crippen MR) is 143 cm³/mol. The summed E-state index contributed by atoms with van der Waals surface area (Å²) in [6.45, 7) is 8.86. The number of ether oxygens (including phenoxy) is 1. The van der Waals surface area contributed by atoms with Crippen molar-refractivity contribution in [2.24, 2.45) is 0 Å². The van der Waals surface area contributed by atoms with E-state index in [2.05, 4.69) is 31.9 Å². The fourth-order valence-corrected chi connectivity index (χ4v) is 5.61. The van der Waals surface area contributed by atoms with Crippen LogP contribution in [0.25, 0.3) is 11.6 Å². The zero-order valence-corrected chi connectivity index (χ0v) is 22.6. The third kappa shape index (κ3) is 5.80. The molecule has 0 atom stereocenters. The average Bonchev–Trinajstić information content (AvgIpc) is 3.35. The maximum absolute atomic E-state index is 12.9. The molecule has 2 aliphatic rings. The van der Waals surface area contributed by atoms with Crippen molar-refractivity contribution in [3.05, 3.63) is 46.3 Å². The molecule has 11 heteroatoms. The van der Waals surface area contributed by atoms with Crippen LogP contribution < -0.4 is 10.0 Å². The third-order valence-electron chi connectivity index (χ3n) is 6.94. The van der Waals surface area contributed by atoms with Gasteiger partial charge in [-0.3, -0.25) is 4.79 Å². The highest BCUT2D eigenvalue weighted by molar-refractivity contribution is 7.89. The number of carbonyl (C=O) groups is 2. The quantitative estimate of drug-likeness (QED) is 0.336. The van der Waals surface area contributed by atoms with Crippen LogP contribution in [0, 0.1) is 6.92 Å². The normalized spacial score (nSPS) is 17.7. The number of aryl methyl sites for hydroxylation is 1. The highest BCUT2D eigenvalue weighted by Gasteiger charge is 2.28. The number of carbonyl (C=O) groups excluding carboxylic acids is 2. The lowest BCUT2D eigenvalue weighted by Gasteiger charge is -2.32. The van der Waals surface area contributed by atoms with Crippen LogP contribution in [-0.4, -0.2) is 88.5 Å². The van der Waals surface area contributed by atoms with Gasteiger partial charge >= 0.3 is 5.97 Å². The number of nitrogens with one attached hydrogen (secondary N) is 3. The van der Waals surface area contributed by atoms with Gasteiger partial charge in [0.2, 0.25) is 10.0 Å². The van der Waals surface area contributed by atoms with E-state index in [1.165, 1.54) is 19.2 Å². The van der Waals surface area contributed by atoms with Crippen molar-refractivity contribution in [1.82, 2.24) is 19.5 Å². The van der Waals surface area contributed by atoms with Crippen molar-refractivity contribution in [3.8, 4) is 0 Å². The number of nitrogens with zero attached hydrogens (tertiary/aromatic N) is 2. The molecular weight excluding hydrogens is 494 g/mol. The van der Waals surface area contributed by atoms with E-state index in [0.717, 1.165) is 44.7 Å². The zero-order valence-electron chi connectivity index (χ0n) is 21.8. The van der Waals surface area contributed by atoms with Gasteiger partial charge in [-0.05, 0) is 77.2 Å². The molecule has 37 heavy (non-hydrogen) atoms. The Kier molecular flexibility index (Phi) is 8.17. The minimum absolute atomic E-state index is 0.0680. The molecule has 1 amide bonds. The summed E-state index contributed by atoms with van der Waals surface area (Å²) in [5, 5.41) is 2.80. The Bertz CT molecular complexity index is 1320. The molecule has 1 aromatic carbocycles. The summed E-state index contributed by atoms with van der Waals surface area (Å²) in [5.74, 6) is -0.725. The Hall–Kier alpha value is -2.99. The molecule has 3 heterocycles. The van der Waals surface area contributed by atoms with Crippen LogP contribution in [0.2, 0.25) is 0 Å². The van der Waals surface area contributed by atoms with Crippen molar-refractivity contribution >= 4 is 39.2 Å². The Labute approximate surface area is 218 Å². The van der Waals surface area contributed by atoms with Crippen molar-refractivity contribution < 1.29 is 22.7 Å². The maximum Gasteiger partial charge on any atom is 0.340 e. The van der Waals surface area contributed by atoms with Gasteiger partial charge < -0.3 is 24.8 Å². The van der Waals surface area contributed by atoms with Crippen molar-refractivity contribution in [2.45, 2.75) is 31.6 Å². The molecule has 1 aromatic heterocycles. The van der Waals surface area contributed by atoms with Gasteiger partial charge in [-0.25, -0.2) is 17.9 Å². The van der Waals surface area contributed by atoms with Gasteiger partial charge in [-0.2, -0.15) is 0 Å². The second kappa shape index (κ2) is 11.2. The molecule has 1 saturated heterocycles. The molecule has 200 valence electrons. The van der Waals surface area contributed by atoms with Crippen LogP contribution >= 0.6 is 0 Å². The number of sulfonamides is 1. The predicted octanol–water partition coefficient (Wildman–Crippen LogP) is 2.08. The first-order chi connectivity index (χ1) is 17.6. The van der Waals surface area contributed by atoms with E-state index in [0.29, 0.717) is 40.2 Å². The number of rotatable bonds is 9. The molecule has 1 fully saturated rings. The summed E-state index contributed by atoms with van der Waals surface area (Å²) in [4.78, 5) is 33.8. The summed E-state index contributed by atoms with van der Waals surface area (Å²) in [6.07, 6.45) is 3.18. The van der Waals surface area contributed by atoms with Crippen LogP contribution in [0.4, 0.5) is 5.69 Å². The number of esters is 1. The number of amides is 1. The lowest BCUT2D eigenvalue weighted by Crippen LogP contribution is -2.44. The van der Waals surface area contributed by atoms with Gasteiger partial charge in [0.1, 0.15) is 0 Å². The monoisotopic (exact) mass is 529 g/mol. The number of H-pyrrole nitrogens is 1. The molecule has 0 aliphatic carbocycles. The van der Waals surface area contributed by atoms with E-state index in [-0.39, 0.29) is 17.4 Å². The van der Waals surface area contributed by atoms with E-state index in [1.54, 1.807) is 19.1 Å². The topological polar surface area (TPSA) is 124 Å². The largest absolute Gasteiger partial charge is 0.462 e. The van der Waals surface area contributed by atoms with Crippen LogP contribution in [0.15, 0.2) is 23.1 Å². The second-order valence-corrected chi connectivity index (χ2v) is 11.3. The van der Waals surface area contributed by atoms with Gasteiger partial charge in [0.15, 0.2) is 0 Å². The Balaban J connectivity index is 1.68. The van der Waals surface area contributed by atoms with Crippen LogP contribution in [0.5, 0.6) is 0 Å². The number of benzene rings is 1. The van der Waals surface area contributed by atoms with Crippen LogP contribution in [0.3, 0.4) is 0 Å². The molecule has 4 rings (SSSR count). The number of hydrogen-bond acceptors (Lipinski definition) is 7. The van der Waals surface area contributed by atoms with E-state index in [9.17, 15) is 18.0 Å². The Morgan fingerprint density at radius 3 is 2.62 bits per heavy atom. The fourth-order valence-electron chi connectivity index (χ4n) is 4.85. The zero-order chi connectivity index (χ0) is 26.7. The number of fused-ring (bicyclic) bond motifs is 1. The number of likely N-dealkylation sites (N-methyl/N-ethyl adjacent to an activating group) is 1. The first kappa shape index (κ1) is 27.1. The summed E-state index contributed by atoms with van der Waals surface area (Å²) in [7, 11) is -0.213. The number of piperazine rings is 1. The molecule has 0 unspecified atom stereocenters. The van der Waals surface area contributed by atoms with Gasteiger partial charge in [0, 0.05) is 48.8 Å². The van der Waals surface area contributed by atoms with E-state index in [1.807, 2.05) is 6.92 Å². The molecule has 0 saturated carbocycles. The number of aromatic nitrogens is 1.